The molecule has 3 rings (SSSR count). The summed E-state index contributed by atoms with van der Waals surface area (Å²) in [5.74, 6) is -1.50. The molecule has 1 saturated heterocycles. The van der Waals surface area contributed by atoms with Crippen molar-refractivity contribution in [2.45, 2.75) is 6.61 Å². The van der Waals surface area contributed by atoms with Crippen LogP contribution in [-0.4, -0.2) is 39.4 Å². The molecule has 2 aromatic carbocycles. The fourth-order valence-corrected chi connectivity index (χ4v) is 2.60. The van der Waals surface area contributed by atoms with Gasteiger partial charge in [0.2, 0.25) is 0 Å². The van der Waals surface area contributed by atoms with E-state index in [4.69, 9.17) is 9.84 Å². The van der Waals surface area contributed by atoms with Crippen molar-refractivity contribution >= 4 is 29.7 Å². The number of nitrogens with zero attached hydrogens (tertiary/aromatic N) is 2. The Labute approximate surface area is 164 Å². The lowest BCUT2D eigenvalue weighted by Crippen LogP contribution is -2.35. The van der Waals surface area contributed by atoms with E-state index < -0.39 is 29.4 Å². The summed E-state index contributed by atoms with van der Waals surface area (Å²) < 4.78 is 5.60. The number of hydrogen-bond donors (Lipinski definition) is 2. The average molecular weight is 397 g/mol. The van der Waals surface area contributed by atoms with Gasteiger partial charge in [-0.05, 0) is 29.3 Å². The molecule has 0 bridgehead atoms. The van der Waals surface area contributed by atoms with Crippen molar-refractivity contribution in [3.05, 3.63) is 75.5 Å². The van der Waals surface area contributed by atoms with Crippen LogP contribution >= 0.6 is 0 Å². The molecule has 2 aromatic rings. The van der Waals surface area contributed by atoms with Gasteiger partial charge in [-0.2, -0.15) is 0 Å². The Kier molecular flexibility index (Phi) is 5.54. The third-order valence-corrected chi connectivity index (χ3v) is 3.97. The van der Waals surface area contributed by atoms with Crippen LogP contribution in [0.15, 0.2) is 54.2 Å². The van der Waals surface area contributed by atoms with Crippen molar-refractivity contribution in [2.24, 2.45) is 0 Å². The molecule has 1 aliphatic heterocycles. The molecule has 0 atom stereocenters. The SMILES string of the molecule is O=C(O)CN1C(=O)N/C(=C/c2ccc(OCc3cccc([N+](=O)[O-])c3)cc2)C1=O. The van der Waals surface area contributed by atoms with Crippen LogP contribution in [0.3, 0.4) is 0 Å². The first kappa shape index (κ1) is 19.5. The number of nitro benzene ring substituents is 1. The second kappa shape index (κ2) is 8.21. The normalized spacial score (nSPS) is 14.8. The van der Waals surface area contributed by atoms with Gasteiger partial charge in [-0.15, -0.1) is 0 Å². The molecular formula is C19H15N3O7. The van der Waals surface area contributed by atoms with Crippen molar-refractivity contribution in [3.8, 4) is 5.75 Å². The van der Waals surface area contributed by atoms with Gasteiger partial charge < -0.3 is 15.2 Å². The van der Waals surface area contributed by atoms with Gasteiger partial charge >= 0.3 is 12.0 Å². The molecule has 0 aromatic heterocycles. The standard InChI is InChI=1S/C19H15N3O7/c23-17(24)10-21-18(25)16(20-19(21)26)9-12-4-6-15(7-5-12)29-11-13-2-1-3-14(8-13)22(27)28/h1-9H,10-11H2,(H,20,26)(H,23,24)/b16-9+. The second-order valence-corrected chi connectivity index (χ2v) is 6.06. The number of nitrogens with one attached hydrogen (secondary N) is 1. The number of imide groups is 1. The average Bonchev–Trinajstić information content (AvgIpc) is 2.94. The van der Waals surface area contributed by atoms with Gasteiger partial charge in [-0.3, -0.25) is 19.7 Å². The molecule has 1 aliphatic rings. The molecule has 10 heteroatoms. The van der Waals surface area contributed by atoms with Crippen LogP contribution in [0, 0.1) is 10.1 Å². The number of non-ortho nitro benzene ring substituents is 1. The van der Waals surface area contributed by atoms with Crippen molar-refractivity contribution in [3.63, 3.8) is 0 Å². The fourth-order valence-electron chi connectivity index (χ4n) is 2.60. The minimum Gasteiger partial charge on any atom is -0.489 e. The summed E-state index contributed by atoms with van der Waals surface area (Å²) in [6.45, 7) is -0.576. The van der Waals surface area contributed by atoms with Gasteiger partial charge in [-0.1, -0.05) is 24.3 Å². The van der Waals surface area contributed by atoms with Gasteiger partial charge in [0.15, 0.2) is 0 Å². The summed E-state index contributed by atoms with van der Waals surface area (Å²) in [5, 5.41) is 21.9. The first-order chi connectivity index (χ1) is 13.8. The van der Waals surface area contributed by atoms with Gasteiger partial charge in [-0.25, -0.2) is 9.69 Å². The van der Waals surface area contributed by atoms with Crippen LogP contribution in [0.1, 0.15) is 11.1 Å². The highest BCUT2D eigenvalue weighted by atomic mass is 16.6. The van der Waals surface area contributed by atoms with Gasteiger partial charge in [0.25, 0.3) is 11.6 Å². The number of carbonyl (C=O) groups excluding carboxylic acids is 2. The molecule has 0 spiro atoms. The van der Waals surface area contributed by atoms with Crippen molar-refractivity contribution < 1.29 is 29.2 Å². The van der Waals surface area contributed by atoms with Crippen LogP contribution in [0.25, 0.3) is 6.08 Å². The first-order valence-corrected chi connectivity index (χ1v) is 8.36. The van der Waals surface area contributed by atoms with Crippen molar-refractivity contribution in [1.29, 1.82) is 0 Å². The third kappa shape index (κ3) is 4.75. The Bertz CT molecular complexity index is 1010. The number of hydrogen-bond acceptors (Lipinski definition) is 6. The zero-order valence-corrected chi connectivity index (χ0v) is 14.9. The van der Waals surface area contributed by atoms with E-state index in [-0.39, 0.29) is 18.0 Å². The number of urea groups is 1. The zero-order valence-electron chi connectivity index (χ0n) is 14.9. The van der Waals surface area contributed by atoms with E-state index in [1.54, 1.807) is 36.4 Å². The summed E-state index contributed by atoms with van der Waals surface area (Å²) in [5.41, 5.74) is 1.19. The van der Waals surface area contributed by atoms with Gasteiger partial charge in [0.1, 0.15) is 24.6 Å². The number of rotatable bonds is 7. The molecule has 148 valence electrons. The fraction of sp³-hybridized carbons (Fsp3) is 0.105. The number of ether oxygens (including phenoxy) is 1. The highest BCUT2D eigenvalue weighted by Crippen LogP contribution is 2.19. The van der Waals surface area contributed by atoms with Crippen molar-refractivity contribution in [1.82, 2.24) is 10.2 Å². The molecule has 0 saturated carbocycles. The predicted octanol–water partition coefficient (Wildman–Crippen LogP) is 2.15. The van der Waals surface area contributed by atoms with Crippen LogP contribution in [-0.2, 0) is 16.2 Å². The molecule has 3 amide bonds. The van der Waals surface area contributed by atoms with E-state index in [0.29, 0.717) is 21.8 Å². The minimum atomic E-state index is -1.29. The van der Waals surface area contributed by atoms with Gasteiger partial charge in [0, 0.05) is 12.1 Å². The summed E-state index contributed by atoms with van der Waals surface area (Å²) in [6, 6.07) is 11.9. The predicted molar refractivity (Wildman–Crippen MR) is 99.7 cm³/mol. The van der Waals surface area contributed by atoms with Crippen LogP contribution in [0.4, 0.5) is 10.5 Å². The number of carbonyl (C=O) groups is 3. The van der Waals surface area contributed by atoms with Crippen LogP contribution in [0.5, 0.6) is 5.75 Å². The summed E-state index contributed by atoms with van der Waals surface area (Å²) in [6.07, 6.45) is 1.42. The Balaban J connectivity index is 1.65. The molecule has 29 heavy (non-hydrogen) atoms. The Morgan fingerprint density at radius 3 is 2.59 bits per heavy atom. The van der Waals surface area contributed by atoms with E-state index in [0.717, 1.165) is 0 Å². The number of carboxylic acid groups (broad SMARTS) is 1. The molecule has 0 radical (unpaired) electrons. The van der Waals surface area contributed by atoms with E-state index in [9.17, 15) is 24.5 Å². The molecule has 1 heterocycles. The quantitative estimate of drug-likeness (QED) is 0.316. The lowest BCUT2D eigenvalue weighted by molar-refractivity contribution is -0.384. The number of carboxylic acids is 1. The lowest BCUT2D eigenvalue weighted by Gasteiger charge is -2.07. The number of aliphatic carboxylic acids is 1. The van der Waals surface area contributed by atoms with E-state index in [2.05, 4.69) is 5.32 Å². The topological polar surface area (TPSA) is 139 Å². The Hall–Kier alpha value is -4.21. The van der Waals surface area contributed by atoms with Crippen LogP contribution < -0.4 is 10.1 Å². The molecular weight excluding hydrogens is 382 g/mol. The zero-order chi connectivity index (χ0) is 21.0. The van der Waals surface area contributed by atoms with E-state index in [1.807, 2.05) is 0 Å². The molecule has 10 nitrogen and oxygen atoms in total. The Morgan fingerprint density at radius 1 is 1.21 bits per heavy atom. The number of amides is 3. The molecule has 1 fully saturated rings. The largest absolute Gasteiger partial charge is 0.489 e. The Morgan fingerprint density at radius 2 is 1.93 bits per heavy atom. The number of benzene rings is 2. The number of nitro groups is 1. The molecule has 0 unspecified atom stereocenters. The maximum Gasteiger partial charge on any atom is 0.329 e. The minimum absolute atomic E-state index is 0.0201. The summed E-state index contributed by atoms with van der Waals surface area (Å²) in [7, 11) is 0. The second-order valence-electron chi connectivity index (χ2n) is 6.06. The van der Waals surface area contributed by atoms with Crippen LogP contribution in [0.2, 0.25) is 0 Å². The molecule has 2 N–H and O–H groups in total. The summed E-state index contributed by atoms with van der Waals surface area (Å²) >= 11 is 0. The first-order valence-electron chi connectivity index (χ1n) is 8.36. The molecule has 0 aliphatic carbocycles. The van der Waals surface area contributed by atoms with Crippen molar-refractivity contribution in [2.75, 3.05) is 6.54 Å². The highest BCUT2D eigenvalue weighted by Gasteiger charge is 2.34. The van der Waals surface area contributed by atoms with Gasteiger partial charge in [0.05, 0.1) is 4.92 Å². The van der Waals surface area contributed by atoms with E-state index >= 15 is 0 Å². The lowest BCUT2D eigenvalue weighted by atomic mass is 10.2. The summed E-state index contributed by atoms with van der Waals surface area (Å²) in [4.78, 5) is 45.4. The maximum atomic E-state index is 12.1. The third-order valence-electron chi connectivity index (χ3n) is 3.97. The monoisotopic (exact) mass is 397 g/mol. The highest BCUT2D eigenvalue weighted by molar-refractivity contribution is 6.15. The van der Waals surface area contributed by atoms with E-state index in [1.165, 1.54) is 18.2 Å². The maximum absolute atomic E-state index is 12.1. The smallest absolute Gasteiger partial charge is 0.329 e.